The van der Waals surface area contributed by atoms with Gasteiger partial charge < -0.3 is 4.74 Å². The fourth-order valence-electron chi connectivity index (χ4n) is 4.75. The predicted molar refractivity (Wildman–Crippen MR) is 136 cm³/mol. The zero-order valence-corrected chi connectivity index (χ0v) is 21.4. The van der Waals surface area contributed by atoms with Crippen molar-refractivity contribution in [2.45, 2.75) is 78.1 Å². The van der Waals surface area contributed by atoms with Crippen molar-refractivity contribution in [2.75, 3.05) is 6.61 Å². The SMILES string of the molecule is C=CC1CCC(c2ccc(CCC(C)CCC(C)C(=C)/C(F)=C(/F)C(=C)OCC)c(F)c2F)CC1. The third-order valence-electron chi connectivity index (χ3n) is 7.37. The summed E-state index contributed by atoms with van der Waals surface area (Å²) in [5.41, 5.74) is 0.950. The van der Waals surface area contributed by atoms with Crippen LogP contribution >= 0.6 is 0 Å². The average molecular weight is 493 g/mol. The van der Waals surface area contributed by atoms with Crippen LogP contribution in [0.15, 0.2) is 60.9 Å². The average Bonchev–Trinajstić information content (AvgIpc) is 2.86. The Morgan fingerprint density at radius 2 is 1.66 bits per heavy atom. The largest absolute Gasteiger partial charge is 0.491 e. The summed E-state index contributed by atoms with van der Waals surface area (Å²) in [6, 6.07) is 3.47. The van der Waals surface area contributed by atoms with Crippen molar-refractivity contribution in [2.24, 2.45) is 17.8 Å². The number of hydrogen-bond acceptors (Lipinski definition) is 1. The first-order valence-corrected chi connectivity index (χ1v) is 12.8. The maximum Gasteiger partial charge on any atom is 0.200 e. The molecule has 1 aliphatic carbocycles. The summed E-state index contributed by atoms with van der Waals surface area (Å²) < 4.78 is 63.1. The highest BCUT2D eigenvalue weighted by atomic mass is 19.2. The number of rotatable bonds is 13. The lowest BCUT2D eigenvalue weighted by Gasteiger charge is -2.27. The van der Waals surface area contributed by atoms with Crippen molar-refractivity contribution < 1.29 is 22.3 Å². The minimum absolute atomic E-state index is 0.0632. The van der Waals surface area contributed by atoms with Crippen molar-refractivity contribution in [3.63, 3.8) is 0 Å². The van der Waals surface area contributed by atoms with Crippen LogP contribution in [0.3, 0.4) is 0 Å². The van der Waals surface area contributed by atoms with E-state index < -0.39 is 23.3 Å². The first-order chi connectivity index (χ1) is 16.6. The Morgan fingerprint density at radius 3 is 2.26 bits per heavy atom. The summed E-state index contributed by atoms with van der Waals surface area (Å²) in [6.07, 6.45) is 8.03. The monoisotopic (exact) mass is 492 g/mol. The zero-order valence-electron chi connectivity index (χ0n) is 21.4. The van der Waals surface area contributed by atoms with Gasteiger partial charge in [-0.25, -0.2) is 13.2 Å². The molecule has 0 aliphatic heterocycles. The third-order valence-corrected chi connectivity index (χ3v) is 7.37. The molecule has 1 fully saturated rings. The number of aryl methyl sites for hydroxylation is 1. The van der Waals surface area contributed by atoms with Gasteiger partial charge in [-0.3, -0.25) is 0 Å². The molecule has 1 aliphatic rings. The molecule has 0 spiro atoms. The Morgan fingerprint density at radius 1 is 1.00 bits per heavy atom. The van der Waals surface area contributed by atoms with Gasteiger partial charge in [-0.2, -0.15) is 4.39 Å². The van der Waals surface area contributed by atoms with Gasteiger partial charge in [0.1, 0.15) is 0 Å². The number of hydrogen-bond donors (Lipinski definition) is 0. The normalized spacial score (nSPS) is 20.5. The van der Waals surface area contributed by atoms with E-state index in [-0.39, 0.29) is 35.7 Å². The van der Waals surface area contributed by atoms with Gasteiger partial charge in [-0.15, -0.1) is 6.58 Å². The molecule has 2 unspecified atom stereocenters. The molecule has 0 heterocycles. The Balaban J connectivity index is 1.89. The molecule has 194 valence electrons. The van der Waals surface area contributed by atoms with Crippen LogP contribution in [0.2, 0.25) is 0 Å². The molecule has 1 saturated carbocycles. The minimum atomic E-state index is -1.12. The van der Waals surface area contributed by atoms with Gasteiger partial charge in [0, 0.05) is 0 Å². The first kappa shape index (κ1) is 28.9. The second-order valence-corrected chi connectivity index (χ2v) is 9.92. The molecule has 0 saturated heterocycles. The highest BCUT2D eigenvalue weighted by molar-refractivity contribution is 5.33. The lowest BCUT2D eigenvalue weighted by Crippen LogP contribution is -2.14. The number of allylic oxidation sites excluding steroid dienone is 4. The molecule has 0 radical (unpaired) electrons. The molecule has 1 aromatic rings. The van der Waals surface area contributed by atoms with Gasteiger partial charge in [0.15, 0.2) is 29.0 Å². The lowest BCUT2D eigenvalue weighted by molar-refractivity contribution is 0.223. The Bertz CT molecular complexity index is 925. The van der Waals surface area contributed by atoms with Gasteiger partial charge in [0.05, 0.1) is 6.61 Å². The molecule has 0 N–H and O–H groups in total. The summed E-state index contributed by atoms with van der Waals surface area (Å²) in [5, 5.41) is 0. The summed E-state index contributed by atoms with van der Waals surface area (Å²) in [5.74, 6) is -3.46. The molecule has 1 aromatic carbocycles. The second-order valence-electron chi connectivity index (χ2n) is 9.92. The van der Waals surface area contributed by atoms with Crippen LogP contribution in [-0.2, 0) is 11.2 Å². The number of ether oxygens (including phenoxy) is 1. The van der Waals surface area contributed by atoms with E-state index in [9.17, 15) is 17.6 Å². The second kappa shape index (κ2) is 13.7. The van der Waals surface area contributed by atoms with Crippen LogP contribution in [0.4, 0.5) is 17.6 Å². The van der Waals surface area contributed by atoms with E-state index in [1.807, 2.05) is 13.0 Å². The fraction of sp³-hybridized carbons (Fsp3) is 0.533. The molecule has 0 aromatic heterocycles. The van der Waals surface area contributed by atoms with E-state index >= 15 is 0 Å². The Kier molecular flexibility index (Phi) is 11.3. The van der Waals surface area contributed by atoms with Crippen LogP contribution in [0.1, 0.15) is 82.8 Å². The molecule has 0 amide bonds. The molecule has 2 rings (SSSR count). The Labute approximate surface area is 208 Å². The molecule has 35 heavy (non-hydrogen) atoms. The quantitative estimate of drug-likeness (QED) is 0.115. The van der Waals surface area contributed by atoms with E-state index in [2.05, 4.69) is 19.7 Å². The van der Waals surface area contributed by atoms with Crippen LogP contribution in [-0.4, -0.2) is 6.61 Å². The molecular formula is C30H40F4O. The summed E-state index contributed by atoms with van der Waals surface area (Å²) in [7, 11) is 0. The molecular weight excluding hydrogens is 452 g/mol. The van der Waals surface area contributed by atoms with Crippen LogP contribution in [0.25, 0.3) is 0 Å². The first-order valence-electron chi connectivity index (χ1n) is 12.8. The third kappa shape index (κ3) is 7.85. The maximum absolute atomic E-state index is 14.8. The number of halogens is 4. The Hall–Kier alpha value is -2.30. The highest BCUT2D eigenvalue weighted by Crippen LogP contribution is 2.38. The van der Waals surface area contributed by atoms with E-state index in [0.29, 0.717) is 36.3 Å². The fourth-order valence-corrected chi connectivity index (χ4v) is 4.75. The van der Waals surface area contributed by atoms with Crippen molar-refractivity contribution in [3.8, 4) is 0 Å². The maximum atomic E-state index is 14.8. The van der Waals surface area contributed by atoms with Gasteiger partial charge in [0.2, 0.25) is 0 Å². The molecule has 1 nitrogen and oxygen atoms in total. The summed E-state index contributed by atoms with van der Waals surface area (Å²) in [6.45, 7) is 16.6. The van der Waals surface area contributed by atoms with E-state index in [0.717, 1.165) is 32.1 Å². The van der Waals surface area contributed by atoms with Gasteiger partial charge in [-0.05, 0) is 92.2 Å². The lowest BCUT2D eigenvalue weighted by atomic mass is 9.78. The van der Waals surface area contributed by atoms with Crippen LogP contribution in [0.5, 0.6) is 0 Å². The topological polar surface area (TPSA) is 9.23 Å². The van der Waals surface area contributed by atoms with Crippen molar-refractivity contribution in [1.29, 1.82) is 0 Å². The van der Waals surface area contributed by atoms with E-state index in [1.54, 1.807) is 26.0 Å². The molecule has 2 atom stereocenters. The van der Waals surface area contributed by atoms with Crippen molar-refractivity contribution in [1.82, 2.24) is 0 Å². The zero-order chi connectivity index (χ0) is 26.1. The molecule has 0 bridgehead atoms. The van der Waals surface area contributed by atoms with Gasteiger partial charge >= 0.3 is 0 Å². The summed E-state index contributed by atoms with van der Waals surface area (Å²) >= 11 is 0. The smallest absolute Gasteiger partial charge is 0.200 e. The highest BCUT2D eigenvalue weighted by Gasteiger charge is 2.25. The predicted octanol–water partition coefficient (Wildman–Crippen LogP) is 9.67. The van der Waals surface area contributed by atoms with Gasteiger partial charge in [-0.1, -0.05) is 51.6 Å². The van der Waals surface area contributed by atoms with E-state index in [4.69, 9.17) is 4.74 Å². The van der Waals surface area contributed by atoms with Crippen LogP contribution in [0, 0.1) is 29.4 Å². The molecule has 5 heteroatoms. The summed E-state index contributed by atoms with van der Waals surface area (Å²) in [4.78, 5) is 0. The van der Waals surface area contributed by atoms with Gasteiger partial charge in [0.25, 0.3) is 0 Å². The number of benzene rings is 1. The van der Waals surface area contributed by atoms with E-state index in [1.165, 1.54) is 0 Å². The minimum Gasteiger partial charge on any atom is -0.491 e. The van der Waals surface area contributed by atoms with Crippen molar-refractivity contribution >= 4 is 0 Å². The standard InChI is InChI=1S/C30H40F4O/c1-7-23-12-15-24(16-13-23)26-18-17-25(29(33)30(26)34)14-10-19(3)9-11-20(4)21(5)27(31)28(32)22(6)35-8-2/h7,17-20,23-24H,1,5-6,8-16H2,2-4H3/b28-27-. The van der Waals surface area contributed by atoms with Crippen molar-refractivity contribution in [3.05, 3.63) is 83.7 Å². The van der Waals surface area contributed by atoms with Crippen LogP contribution < -0.4 is 0 Å².